The number of nitrogen functional groups attached to an aromatic ring is 1. The number of hydrogen-bond acceptors (Lipinski definition) is 4. The molecule has 1 fully saturated rings. The van der Waals surface area contributed by atoms with Gasteiger partial charge in [0.25, 0.3) is 0 Å². The predicted octanol–water partition coefficient (Wildman–Crippen LogP) is 3.51. The highest BCUT2D eigenvalue weighted by Crippen LogP contribution is 2.40. The van der Waals surface area contributed by atoms with E-state index in [0.29, 0.717) is 5.82 Å². The molecule has 1 aromatic heterocycles. The van der Waals surface area contributed by atoms with Crippen molar-refractivity contribution in [3.8, 4) is 0 Å². The van der Waals surface area contributed by atoms with Crippen molar-refractivity contribution in [1.29, 1.82) is 0 Å². The second kappa shape index (κ2) is 4.85. The van der Waals surface area contributed by atoms with Crippen LogP contribution in [-0.4, -0.2) is 15.9 Å². The molecule has 126 valence electrons. The summed E-state index contributed by atoms with van der Waals surface area (Å²) in [4.78, 5) is 5.02. The first kappa shape index (κ1) is 13.9. The lowest BCUT2D eigenvalue weighted by Gasteiger charge is -2.20. The van der Waals surface area contributed by atoms with E-state index < -0.39 is 0 Å². The van der Waals surface area contributed by atoms with Crippen molar-refractivity contribution >= 4 is 28.1 Å². The quantitative estimate of drug-likeness (QED) is 0.635. The molecule has 6 rings (SSSR count). The smallest absolute Gasteiger partial charge is 0.153 e. The van der Waals surface area contributed by atoms with Crippen LogP contribution in [0.25, 0.3) is 16.6 Å². The third-order valence-corrected chi connectivity index (χ3v) is 5.41. The van der Waals surface area contributed by atoms with Crippen molar-refractivity contribution in [2.75, 3.05) is 5.73 Å². The van der Waals surface area contributed by atoms with Gasteiger partial charge in [-0.1, -0.05) is 30.3 Å². The number of hydrogen-bond donors (Lipinski definition) is 3. The molecule has 0 saturated heterocycles. The lowest BCUT2D eigenvalue weighted by Crippen LogP contribution is -2.21. The number of allylic oxidation sites excluding steroid dienone is 2. The number of rotatable bonds is 1. The first-order chi connectivity index (χ1) is 12.8. The van der Waals surface area contributed by atoms with Crippen LogP contribution in [0.4, 0.5) is 5.82 Å². The number of aliphatic imine (C=N–C) groups is 1. The van der Waals surface area contributed by atoms with Crippen LogP contribution in [0, 0.1) is 0 Å². The summed E-state index contributed by atoms with van der Waals surface area (Å²) in [7, 11) is 0. The Bertz CT molecular complexity index is 1190. The van der Waals surface area contributed by atoms with Gasteiger partial charge in [0.05, 0.1) is 16.9 Å². The fraction of sp³-hybridized carbons (Fsp3) is 0.143. The van der Waals surface area contributed by atoms with Gasteiger partial charge in [0.1, 0.15) is 5.82 Å². The fourth-order valence-corrected chi connectivity index (χ4v) is 3.92. The molecule has 26 heavy (non-hydrogen) atoms. The van der Waals surface area contributed by atoms with Crippen LogP contribution in [0.1, 0.15) is 29.5 Å². The molecule has 5 heteroatoms. The fourth-order valence-electron chi connectivity index (χ4n) is 3.92. The lowest BCUT2D eigenvalue weighted by molar-refractivity contribution is 1.01. The number of nitrogens with two attached hydrogens (primary N) is 1. The molecule has 0 spiro atoms. The highest BCUT2D eigenvalue weighted by atomic mass is 15.1. The van der Waals surface area contributed by atoms with Crippen LogP contribution < -0.4 is 11.1 Å². The highest BCUT2D eigenvalue weighted by Gasteiger charge is 2.31. The topological polar surface area (TPSA) is 79.1 Å². The van der Waals surface area contributed by atoms with E-state index in [1.807, 2.05) is 6.07 Å². The van der Waals surface area contributed by atoms with E-state index >= 15 is 0 Å². The number of benzene rings is 2. The summed E-state index contributed by atoms with van der Waals surface area (Å²) < 4.78 is 0. The maximum absolute atomic E-state index is 6.02. The van der Waals surface area contributed by atoms with Crippen LogP contribution in [0.2, 0.25) is 0 Å². The van der Waals surface area contributed by atoms with Crippen molar-refractivity contribution in [2.45, 2.75) is 19.3 Å². The maximum Gasteiger partial charge on any atom is 0.153 e. The van der Waals surface area contributed by atoms with Crippen molar-refractivity contribution < 1.29 is 0 Å². The van der Waals surface area contributed by atoms with Crippen molar-refractivity contribution in [2.24, 2.45) is 4.99 Å². The minimum atomic E-state index is 0.529. The Morgan fingerprint density at radius 2 is 1.92 bits per heavy atom. The molecule has 0 atom stereocenters. The summed E-state index contributed by atoms with van der Waals surface area (Å²) in [6.45, 7) is 0. The summed E-state index contributed by atoms with van der Waals surface area (Å²) in [5, 5.41) is 11.6. The molecule has 2 heterocycles. The van der Waals surface area contributed by atoms with Crippen LogP contribution >= 0.6 is 0 Å². The largest absolute Gasteiger partial charge is 0.382 e. The summed E-state index contributed by atoms with van der Waals surface area (Å²) in [5.41, 5.74) is 15.6. The number of aromatic amines is 1. The Hall–Kier alpha value is -3.34. The predicted molar refractivity (Wildman–Crippen MR) is 104 cm³/mol. The van der Waals surface area contributed by atoms with Crippen molar-refractivity contribution in [1.82, 2.24) is 15.5 Å². The molecule has 3 aromatic rings. The van der Waals surface area contributed by atoms with E-state index in [2.05, 4.69) is 51.9 Å². The first-order valence-corrected chi connectivity index (χ1v) is 8.91. The monoisotopic (exact) mass is 339 g/mol. The molecule has 0 amide bonds. The van der Waals surface area contributed by atoms with Gasteiger partial charge in [-0.2, -0.15) is 5.10 Å². The van der Waals surface area contributed by atoms with Crippen LogP contribution in [0.15, 0.2) is 64.4 Å². The van der Waals surface area contributed by atoms with E-state index in [1.165, 1.54) is 28.0 Å². The summed E-state index contributed by atoms with van der Waals surface area (Å²) in [5.74, 6) is 1.55. The molecule has 5 nitrogen and oxygen atoms in total. The van der Waals surface area contributed by atoms with E-state index in [9.17, 15) is 0 Å². The average Bonchev–Trinajstić information content (AvgIpc) is 3.37. The molecule has 4 N–H and O–H groups in total. The van der Waals surface area contributed by atoms with E-state index in [1.54, 1.807) is 0 Å². The van der Waals surface area contributed by atoms with Crippen LogP contribution in [0.5, 0.6) is 0 Å². The van der Waals surface area contributed by atoms with Gasteiger partial charge in [0.2, 0.25) is 0 Å². The Morgan fingerprint density at radius 3 is 2.81 bits per heavy atom. The molecular formula is C21H17N5. The zero-order chi connectivity index (χ0) is 17.3. The molecule has 0 radical (unpaired) electrons. The Kier molecular flexibility index (Phi) is 2.59. The molecule has 1 saturated carbocycles. The van der Waals surface area contributed by atoms with Gasteiger partial charge >= 0.3 is 0 Å². The van der Waals surface area contributed by atoms with E-state index in [0.717, 1.165) is 47.3 Å². The minimum absolute atomic E-state index is 0.529. The number of nitrogens with zero attached hydrogens (tertiary/aromatic N) is 2. The molecule has 3 aliphatic rings. The Labute approximate surface area is 150 Å². The second-order valence-corrected chi connectivity index (χ2v) is 7.09. The van der Waals surface area contributed by atoms with Crippen LogP contribution in [0.3, 0.4) is 0 Å². The Morgan fingerprint density at radius 1 is 1.04 bits per heavy atom. The van der Waals surface area contributed by atoms with Crippen molar-refractivity contribution in [3.63, 3.8) is 0 Å². The summed E-state index contributed by atoms with van der Waals surface area (Å²) in [6.07, 6.45) is 3.17. The average molecular weight is 339 g/mol. The number of nitrogens with one attached hydrogen (secondary N) is 2. The summed E-state index contributed by atoms with van der Waals surface area (Å²) in [6, 6.07) is 14.8. The molecule has 2 aromatic carbocycles. The van der Waals surface area contributed by atoms with Crippen LogP contribution in [-0.2, 0) is 6.42 Å². The standard InChI is InChI=1S/C21H17N5/c22-20-15-10-13(7-8-17(15)25-26-20)18-16-9-12-3-1-2-4-14(12)19(16)24-21(23-18)11-5-6-11/h1-4,7-8,10,24H,5-6,9H2,(H3,22,25,26). The highest BCUT2D eigenvalue weighted by molar-refractivity contribution is 6.20. The van der Waals surface area contributed by atoms with Crippen molar-refractivity contribution in [3.05, 3.63) is 76.1 Å². The molecular weight excluding hydrogens is 322 g/mol. The van der Waals surface area contributed by atoms with Gasteiger partial charge in [0, 0.05) is 28.5 Å². The number of H-pyrrole nitrogens is 1. The molecule has 0 bridgehead atoms. The molecule has 0 unspecified atom stereocenters. The van der Waals surface area contributed by atoms with Gasteiger partial charge in [-0.05, 0) is 36.1 Å². The van der Waals surface area contributed by atoms with Gasteiger partial charge in [0.15, 0.2) is 5.82 Å². The Balaban J connectivity index is 1.57. The molecule has 2 aliphatic carbocycles. The first-order valence-electron chi connectivity index (χ1n) is 8.91. The zero-order valence-corrected chi connectivity index (χ0v) is 14.1. The van der Waals surface area contributed by atoms with Gasteiger partial charge in [-0.3, -0.25) is 5.10 Å². The lowest BCUT2D eigenvalue weighted by atomic mass is 9.97. The van der Waals surface area contributed by atoms with E-state index in [4.69, 9.17) is 10.7 Å². The number of aromatic nitrogens is 2. The second-order valence-electron chi connectivity index (χ2n) is 7.09. The van der Waals surface area contributed by atoms with Gasteiger partial charge in [-0.25, -0.2) is 4.99 Å². The number of anilines is 1. The van der Waals surface area contributed by atoms with Gasteiger partial charge in [-0.15, -0.1) is 0 Å². The van der Waals surface area contributed by atoms with Gasteiger partial charge < -0.3 is 11.1 Å². The molecule has 1 aliphatic heterocycles. The zero-order valence-electron chi connectivity index (χ0n) is 14.1. The normalized spacial score (nSPS) is 17.9. The maximum atomic E-state index is 6.02. The number of fused-ring (bicyclic) bond motifs is 3. The van der Waals surface area contributed by atoms with E-state index in [-0.39, 0.29) is 0 Å². The minimum Gasteiger partial charge on any atom is -0.382 e. The SMILES string of the molecule is Nc1n[nH]c2ccc(C3=NC(=C4CC4)NC4=C3Cc3ccccc34)cc12. The summed E-state index contributed by atoms with van der Waals surface area (Å²) >= 11 is 0. The third-order valence-electron chi connectivity index (χ3n) is 5.41. The third kappa shape index (κ3) is 1.91.